The molecule has 0 aliphatic carbocycles. The van der Waals surface area contributed by atoms with Crippen LogP contribution in [0.25, 0.3) is 0 Å². The lowest BCUT2D eigenvalue weighted by molar-refractivity contribution is -0.0229. The average Bonchev–Trinajstić information content (AvgIpc) is 2.86. The highest BCUT2D eigenvalue weighted by atomic mass is 16.5. The quantitative estimate of drug-likeness (QED) is 0.844. The highest BCUT2D eigenvalue weighted by molar-refractivity contribution is 5.96. The van der Waals surface area contributed by atoms with Gasteiger partial charge in [-0.25, -0.2) is 0 Å². The van der Waals surface area contributed by atoms with Crippen molar-refractivity contribution in [1.82, 2.24) is 15.0 Å². The number of morpholine rings is 1. The molecule has 6 heteroatoms. The van der Waals surface area contributed by atoms with E-state index in [0.29, 0.717) is 36.7 Å². The van der Waals surface area contributed by atoms with Gasteiger partial charge in [0, 0.05) is 18.9 Å². The summed E-state index contributed by atoms with van der Waals surface area (Å²) in [6.45, 7) is 5.15. The number of carbonyl (C=O) groups is 1. The summed E-state index contributed by atoms with van der Waals surface area (Å²) in [7, 11) is 0. The summed E-state index contributed by atoms with van der Waals surface area (Å²) in [6, 6.07) is 3.82. The van der Waals surface area contributed by atoms with Crippen molar-refractivity contribution in [3.63, 3.8) is 0 Å². The monoisotopic (exact) mass is 287 g/mol. The van der Waals surface area contributed by atoms with E-state index >= 15 is 0 Å². The second-order valence-corrected chi connectivity index (χ2v) is 5.09. The van der Waals surface area contributed by atoms with Crippen molar-refractivity contribution in [2.75, 3.05) is 19.7 Å². The number of rotatable bonds is 2. The van der Waals surface area contributed by atoms with Crippen LogP contribution < -0.4 is 0 Å². The van der Waals surface area contributed by atoms with Crippen LogP contribution in [-0.2, 0) is 4.74 Å². The number of nitrogens with zero attached hydrogens (tertiary/aromatic N) is 3. The lowest BCUT2D eigenvalue weighted by Crippen LogP contribution is -2.42. The first-order chi connectivity index (χ1) is 10.2. The van der Waals surface area contributed by atoms with E-state index in [1.54, 1.807) is 31.1 Å². The van der Waals surface area contributed by atoms with Crippen molar-refractivity contribution in [1.29, 1.82) is 0 Å². The average molecular weight is 287 g/mol. The molecule has 0 bridgehead atoms. The smallest absolute Gasteiger partial charge is 0.259 e. The second-order valence-electron chi connectivity index (χ2n) is 5.09. The maximum absolute atomic E-state index is 12.6. The first-order valence-electron chi connectivity index (χ1n) is 6.90. The van der Waals surface area contributed by atoms with Crippen LogP contribution in [0.4, 0.5) is 0 Å². The molecule has 0 aromatic carbocycles. The van der Waals surface area contributed by atoms with E-state index in [4.69, 9.17) is 9.26 Å². The molecule has 3 rings (SSSR count). The number of aromatic nitrogens is 2. The Kier molecular flexibility index (Phi) is 3.70. The van der Waals surface area contributed by atoms with E-state index in [-0.39, 0.29) is 12.0 Å². The number of amides is 1. The van der Waals surface area contributed by atoms with Crippen LogP contribution in [0.5, 0.6) is 0 Å². The van der Waals surface area contributed by atoms with Gasteiger partial charge in [-0.15, -0.1) is 0 Å². The van der Waals surface area contributed by atoms with E-state index in [9.17, 15) is 4.79 Å². The fraction of sp³-hybridized carbons (Fsp3) is 0.400. The lowest BCUT2D eigenvalue weighted by atomic mass is 10.1. The molecule has 1 aliphatic rings. The first-order valence-corrected chi connectivity index (χ1v) is 6.90. The van der Waals surface area contributed by atoms with E-state index in [1.807, 2.05) is 12.1 Å². The molecule has 1 amide bonds. The number of ether oxygens (including phenoxy) is 1. The van der Waals surface area contributed by atoms with Crippen molar-refractivity contribution in [2.45, 2.75) is 20.0 Å². The topological polar surface area (TPSA) is 68.5 Å². The molecule has 1 fully saturated rings. The zero-order valence-corrected chi connectivity index (χ0v) is 12.1. The highest BCUT2D eigenvalue weighted by Crippen LogP contribution is 2.24. The van der Waals surface area contributed by atoms with Gasteiger partial charge in [0.1, 0.15) is 17.4 Å². The Labute approximate surface area is 122 Å². The van der Waals surface area contributed by atoms with Gasteiger partial charge < -0.3 is 14.2 Å². The Hall–Kier alpha value is -2.21. The van der Waals surface area contributed by atoms with Gasteiger partial charge in [0.2, 0.25) is 0 Å². The summed E-state index contributed by atoms with van der Waals surface area (Å²) in [5, 5.41) is 3.85. The van der Waals surface area contributed by atoms with E-state index in [0.717, 1.165) is 5.56 Å². The van der Waals surface area contributed by atoms with Crippen molar-refractivity contribution in [3.8, 4) is 0 Å². The molecule has 0 unspecified atom stereocenters. The van der Waals surface area contributed by atoms with Crippen LogP contribution in [-0.4, -0.2) is 40.6 Å². The highest BCUT2D eigenvalue weighted by Gasteiger charge is 2.29. The molecule has 1 aliphatic heterocycles. The predicted octanol–water partition coefficient (Wildman–Crippen LogP) is 1.90. The van der Waals surface area contributed by atoms with Crippen LogP contribution >= 0.6 is 0 Å². The van der Waals surface area contributed by atoms with Gasteiger partial charge in [0.25, 0.3) is 5.91 Å². The molecule has 110 valence electrons. The SMILES string of the molecule is Cc1noc(C)c1C(=O)N1CCO[C@H](c2ccncc2)C1. The molecule has 0 saturated carbocycles. The Balaban J connectivity index is 1.79. The summed E-state index contributed by atoms with van der Waals surface area (Å²) in [5.41, 5.74) is 2.22. The van der Waals surface area contributed by atoms with Gasteiger partial charge in [0.15, 0.2) is 0 Å². The van der Waals surface area contributed by atoms with E-state index < -0.39 is 0 Å². The van der Waals surface area contributed by atoms with E-state index in [2.05, 4.69) is 10.1 Å². The molecular weight excluding hydrogens is 270 g/mol. The molecule has 0 N–H and O–H groups in total. The molecule has 6 nitrogen and oxygen atoms in total. The summed E-state index contributed by atoms with van der Waals surface area (Å²) in [4.78, 5) is 18.4. The summed E-state index contributed by atoms with van der Waals surface area (Å²) in [6.07, 6.45) is 3.34. The fourth-order valence-corrected chi connectivity index (χ4v) is 2.56. The van der Waals surface area contributed by atoms with Crippen molar-refractivity contribution < 1.29 is 14.1 Å². The Morgan fingerprint density at radius 3 is 2.76 bits per heavy atom. The predicted molar refractivity (Wildman–Crippen MR) is 74.8 cm³/mol. The largest absolute Gasteiger partial charge is 0.370 e. The van der Waals surface area contributed by atoms with Crippen LogP contribution in [0.3, 0.4) is 0 Å². The first kappa shape index (κ1) is 13.8. The number of pyridine rings is 1. The van der Waals surface area contributed by atoms with Crippen molar-refractivity contribution in [3.05, 3.63) is 47.1 Å². The molecule has 3 heterocycles. The Morgan fingerprint density at radius 2 is 2.10 bits per heavy atom. The minimum Gasteiger partial charge on any atom is -0.370 e. The molecule has 21 heavy (non-hydrogen) atoms. The van der Waals surface area contributed by atoms with Crippen LogP contribution in [0.15, 0.2) is 29.0 Å². The number of hydrogen-bond acceptors (Lipinski definition) is 5. The molecular formula is C15H17N3O3. The molecule has 0 spiro atoms. The number of hydrogen-bond donors (Lipinski definition) is 0. The lowest BCUT2D eigenvalue weighted by Gasteiger charge is -2.33. The third-order valence-electron chi connectivity index (χ3n) is 3.68. The summed E-state index contributed by atoms with van der Waals surface area (Å²) < 4.78 is 10.8. The summed E-state index contributed by atoms with van der Waals surface area (Å²) >= 11 is 0. The maximum Gasteiger partial charge on any atom is 0.259 e. The Morgan fingerprint density at radius 1 is 1.33 bits per heavy atom. The van der Waals surface area contributed by atoms with Gasteiger partial charge in [-0.2, -0.15) is 0 Å². The van der Waals surface area contributed by atoms with Crippen LogP contribution in [0.2, 0.25) is 0 Å². The minimum absolute atomic E-state index is 0.0476. The summed E-state index contributed by atoms with van der Waals surface area (Å²) in [5.74, 6) is 0.512. The molecule has 0 radical (unpaired) electrons. The van der Waals surface area contributed by atoms with Crippen LogP contribution in [0.1, 0.15) is 33.5 Å². The maximum atomic E-state index is 12.6. The Bertz CT molecular complexity index is 619. The van der Waals surface area contributed by atoms with Crippen molar-refractivity contribution in [2.24, 2.45) is 0 Å². The standard InChI is InChI=1S/C15H17N3O3/c1-10-14(11(2)21-17-10)15(19)18-7-8-20-13(9-18)12-3-5-16-6-4-12/h3-6,13H,7-9H2,1-2H3/t13-/m0/s1. The van der Waals surface area contributed by atoms with Crippen LogP contribution in [0, 0.1) is 13.8 Å². The minimum atomic E-state index is -0.119. The fourth-order valence-electron chi connectivity index (χ4n) is 2.56. The van der Waals surface area contributed by atoms with Gasteiger partial charge in [-0.3, -0.25) is 9.78 Å². The van der Waals surface area contributed by atoms with Crippen molar-refractivity contribution >= 4 is 5.91 Å². The third-order valence-corrected chi connectivity index (χ3v) is 3.68. The van der Waals surface area contributed by atoms with Gasteiger partial charge in [-0.05, 0) is 31.5 Å². The normalized spacial score (nSPS) is 18.8. The number of aryl methyl sites for hydroxylation is 2. The zero-order chi connectivity index (χ0) is 14.8. The third kappa shape index (κ3) is 2.67. The number of carbonyl (C=O) groups excluding carboxylic acids is 1. The van der Waals surface area contributed by atoms with Gasteiger partial charge in [-0.1, -0.05) is 5.16 Å². The van der Waals surface area contributed by atoms with Gasteiger partial charge >= 0.3 is 0 Å². The van der Waals surface area contributed by atoms with E-state index in [1.165, 1.54) is 0 Å². The molecule has 1 saturated heterocycles. The van der Waals surface area contributed by atoms with Gasteiger partial charge in [0.05, 0.1) is 18.8 Å². The molecule has 2 aromatic heterocycles. The zero-order valence-electron chi connectivity index (χ0n) is 12.1. The second kappa shape index (κ2) is 5.65. The molecule has 1 atom stereocenters. The molecule has 2 aromatic rings.